The number of hydrogen-bond acceptors (Lipinski definition) is 5. The van der Waals surface area contributed by atoms with Crippen molar-refractivity contribution in [2.75, 3.05) is 37.5 Å². The van der Waals surface area contributed by atoms with Gasteiger partial charge in [-0.25, -0.2) is 4.79 Å². The van der Waals surface area contributed by atoms with Gasteiger partial charge in [-0.2, -0.15) is 0 Å². The average molecular weight is 389 g/mol. The molecule has 1 rings (SSSR count). The molecule has 0 atom stereocenters. The average Bonchev–Trinajstić information content (AvgIpc) is 2.65. The normalized spacial score (nSPS) is 11.1. The number of ether oxygens (including phenoxy) is 2. The molecule has 0 aliphatic carbocycles. The van der Waals surface area contributed by atoms with E-state index in [0.29, 0.717) is 24.5 Å². The Kier molecular flexibility index (Phi) is 10.0. The van der Waals surface area contributed by atoms with Crippen LogP contribution in [0.3, 0.4) is 0 Å². The molecule has 154 valence electrons. The Morgan fingerprint density at radius 1 is 1.18 bits per heavy atom. The molecule has 0 spiro atoms. The molecule has 0 bridgehead atoms. The molecule has 0 heterocycles. The second-order valence-electron chi connectivity index (χ2n) is 6.78. The number of nitrogens with two attached hydrogens (primary N) is 1. The minimum absolute atomic E-state index is 0.0729. The highest BCUT2D eigenvalue weighted by Crippen LogP contribution is 2.25. The zero-order valence-electron chi connectivity index (χ0n) is 17.6. The quantitative estimate of drug-likeness (QED) is 0.370. The summed E-state index contributed by atoms with van der Waals surface area (Å²) in [5.74, 6) is -0.764. The monoisotopic (exact) mass is 388 g/mol. The molecular formula is C22H32N2O4. The molecular weight excluding hydrogens is 356 g/mol. The number of benzene rings is 1. The van der Waals surface area contributed by atoms with Gasteiger partial charge in [0.15, 0.2) is 0 Å². The molecule has 1 aromatic carbocycles. The van der Waals surface area contributed by atoms with Gasteiger partial charge in [-0.15, -0.1) is 0 Å². The van der Waals surface area contributed by atoms with Gasteiger partial charge in [-0.3, -0.25) is 4.79 Å². The van der Waals surface area contributed by atoms with Crippen LogP contribution in [0.2, 0.25) is 0 Å². The van der Waals surface area contributed by atoms with Crippen LogP contribution in [-0.4, -0.2) is 38.7 Å². The zero-order chi connectivity index (χ0) is 21.1. The van der Waals surface area contributed by atoms with Crippen LogP contribution in [-0.2, 0) is 14.3 Å². The first-order valence-corrected chi connectivity index (χ1v) is 9.45. The molecule has 6 heteroatoms. The third-order valence-corrected chi connectivity index (χ3v) is 4.16. The van der Waals surface area contributed by atoms with E-state index in [9.17, 15) is 9.59 Å². The van der Waals surface area contributed by atoms with E-state index in [-0.39, 0.29) is 18.1 Å². The van der Waals surface area contributed by atoms with Gasteiger partial charge in [0, 0.05) is 18.8 Å². The van der Waals surface area contributed by atoms with Crippen LogP contribution >= 0.6 is 0 Å². The summed E-state index contributed by atoms with van der Waals surface area (Å²) in [5, 5.41) is 0. The summed E-state index contributed by atoms with van der Waals surface area (Å²) >= 11 is 0. The Labute approximate surface area is 168 Å². The highest BCUT2D eigenvalue weighted by molar-refractivity contribution is 6.03. The summed E-state index contributed by atoms with van der Waals surface area (Å²) in [4.78, 5) is 26.5. The number of carbonyl (C=O) groups excluding carboxylic acids is 2. The smallest absolute Gasteiger partial charge is 0.339 e. The molecule has 0 unspecified atom stereocenters. The number of methoxy groups -OCH3 is 1. The number of rotatable bonds is 10. The number of esters is 1. The molecule has 0 aromatic heterocycles. The predicted molar refractivity (Wildman–Crippen MR) is 113 cm³/mol. The summed E-state index contributed by atoms with van der Waals surface area (Å²) in [6.07, 6.45) is 6.03. The van der Waals surface area contributed by atoms with Crippen molar-refractivity contribution in [3.05, 3.63) is 47.1 Å². The van der Waals surface area contributed by atoms with E-state index in [1.165, 1.54) is 17.6 Å². The number of amides is 1. The fraction of sp³-hybridized carbons (Fsp3) is 0.455. The molecule has 6 nitrogen and oxygen atoms in total. The third kappa shape index (κ3) is 7.56. The summed E-state index contributed by atoms with van der Waals surface area (Å²) in [6.45, 7) is 8.67. The number of hydrogen-bond donors (Lipinski definition) is 1. The van der Waals surface area contributed by atoms with E-state index < -0.39 is 5.97 Å². The fourth-order valence-electron chi connectivity index (χ4n) is 2.59. The van der Waals surface area contributed by atoms with Gasteiger partial charge in [0.2, 0.25) is 0 Å². The van der Waals surface area contributed by atoms with Crippen molar-refractivity contribution < 1.29 is 19.1 Å². The number of nitrogens with zero attached hydrogens (tertiary/aromatic N) is 1. The zero-order valence-corrected chi connectivity index (χ0v) is 17.6. The minimum Gasteiger partial charge on any atom is -0.465 e. The van der Waals surface area contributed by atoms with Crippen molar-refractivity contribution in [3.63, 3.8) is 0 Å². The van der Waals surface area contributed by atoms with Crippen LogP contribution in [0.1, 0.15) is 50.9 Å². The molecule has 0 saturated carbocycles. The topological polar surface area (TPSA) is 81.9 Å². The maximum absolute atomic E-state index is 12.8. The van der Waals surface area contributed by atoms with Gasteiger partial charge in [-0.05, 0) is 58.7 Å². The molecule has 28 heavy (non-hydrogen) atoms. The second-order valence-corrected chi connectivity index (χ2v) is 6.78. The molecule has 1 aromatic rings. The Balaban J connectivity index is 3.16. The van der Waals surface area contributed by atoms with Crippen molar-refractivity contribution in [2.45, 2.75) is 40.5 Å². The summed E-state index contributed by atoms with van der Waals surface area (Å²) in [6, 6.07) is 4.80. The Bertz CT molecular complexity index is 734. The Morgan fingerprint density at radius 2 is 1.89 bits per heavy atom. The Morgan fingerprint density at radius 3 is 2.50 bits per heavy atom. The van der Waals surface area contributed by atoms with Gasteiger partial charge in [0.05, 0.1) is 18.4 Å². The van der Waals surface area contributed by atoms with Crippen LogP contribution in [0, 0.1) is 0 Å². The number of anilines is 2. The summed E-state index contributed by atoms with van der Waals surface area (Å²) < 4.78 is 10.1. The molecule has 0 fully saturated rings. The van der Waals surface area contributed by atoms with Gasteiger partial charge in [0.1, 0.15) is 6.61 Å². The minimum atomic E-state index is -0.520. The van der Waals surface area contributed by atoms with Crippen molar-refractivity contribution in [3.8, 4) is 0 Å². The lowest BCUT2D eigenvalue weighted by Gasteiger charge is -2.24. The molecule has 0 radical (unpaired) electrons. The lowest BCUT2D eigenvalue weighted by molar-refractivity contribution is -0.122. The van der Waals surface area contributed by atoms with Gasteiger partial charge < -0.3 is 20.1 Å². The molecule has 0 aliphatic heterocycles. The van der Waals surface area contributed by atoms with E-state index in [4.69, 9.17) is 15.2 Å². The lowest BCUT2D eigenvalue weighted by atomic mass is 10.1. The van der Waals surface area contributed by atoms with Crippen molar-refractivity contribution in [1.82, 2.24) is 0 Å². The summed E-state index contributed by atoms with van der Waals surface area (Å²) in [5.41, 5.74) is 9.53. The standard InChI is InChI=1S/C22H32N2O4/c1-6-28-15-21(25)24(13-12-17(4)9-7-8-16(2)3)20-14-18(23)10-11-19(20)22(26)27-5/h8,10-12,14H,6-7,9,13,15,23H2,1-5H3/b17-12+. The Hall–Kier alpha value is -2.60. The van der Waals surface area contributed by atoms with E-state index in [0.717, 1.165) is 18.4 Å². The highest BCUT2D eigenvalue weighted by Gasteiger charge is 2.22. The maximum atomic E-state index is 12.8. The first-order chi connectivity index (χ1) is 13.3. The van der Waals surface area contributed by atoms with Crippen LogP contribution in [0.15, 0.2) is 41.5 Å². The van der Waals surface area contributed by atoms with Gasteiger partial charge >= 0.3 is 5.97 Å². The van der Waals surface area contributed by atoms with E-state index in [2.05, 4.69) is 19.9 Å². The van der Waals surface area contributed by atoms with Crippen molar-refractivity contribution in [1.29, 1.82) is 0 Å². The highest BCUT2D eigenvalue weighted by atomic mass is 16.5. The van der Waals surface area contributed by atoms with Crippen molar-refractivity contribution >= 4 is 23.3 Å². The summed E-state index contributed by atoms with van der Waals surface area (Å²) in [7, 11) is 1.31. The van der Waals surface area contributed by atoms with Gasteiger partial charge in [-0.1, -0.05) is 23.3 Å². The SMILES string of the molecule is CCOCC(=O)N(C/C=C(\C)CCC=C(C)C)c1cc(N)ccc1C(=O)OC. The van der Waals surface area contributed by atoms with Gasteiger partial charge in [0.25, 0.3) is 5.91 Å². The van der Waals surface area contributed by atoms with Crippen LogP contribution in [0.25, 0.3) is 0 Å². The number of nitrogen functional groups attached to an aromatic ring is 1. The molecule has 2 N–H and O–H groups in total. The molecule has 0 saturated heterocycles. The lowest BCUT2D eigenvalue weighted by Crippen LogP contribution is -2.35. The number of allylic oxidation sites excluding steroid dienone is 3. The van der Waals surface area contributed by atoms with Crippen LogP contribution in [0.4, 0.5) is 11.4 Å². The largest absolute Gasteiger partial charge is 0.465 e. The predicted octanol–water partition coefficient (Wildman–Crippen LogP) is 4.12. The van der Waals surface area contributed by atoms with Crippen molar-refractivity contribution in [2.24, 2.45) is 0 Å². The second kappa shape index (κ2) is 12.0. The number of carbonyl (C=O) groups is 2. The molecule has 0 aliphatic rings. The van der Waals surface area contributed by atoms with Crippen LogP contribution in [0.5, 0.6) is 0 Å². The third-order valence-electron chi connectivity index (χ3n) is 4.16. The van der Waals surface area contributed by atoms with Crippen LogP contribution < -0.4 is 10.6 Å². The maximum Gasteiger partial charge on any atom is 0.339 e. The first kappa shape index (κ1) is 23.4. The molecule has 1 amide bonds. The van der Waals surface area contributed by atoms with E-state index >= 15 is 0 Å². The van der Waals surface area contributed by atoms with E-state index in [1.54, 1.807) is 18.2 Å². The fourth-order valence-corrected chi connectivity index (χ4v) is 2.59. The van der Waals surface area contributed by atoms with E-state index in [1.807, 2.05) is 19.9 Å². The first-order valence-electron chi connectivity index (χ1n) is 9.45.